The number of likely N-dealkylation sites (tertiary alicyclic amines) is 1. The van der Waals surface area contributed by atoms with Gasteiger partial charge in [0.25, 0.3) is 5.91 Å². The van der Waals surface area contributed by atoms with Gasteiger partial charge in [-0.05, 0) is 12.1 Å². The van der Waals surface area contributed by atoms with Gasteiger partial charge in [-0.15, -0.1) is 0 Å². The number of carbonyl (C=O) groups excluding carboxylic acids is 1. The van der Waals surface area contributed by atoms with E-state index >= 15 is 0 Å². The number of hydrogen-bond donors (Lipinski definition) is 1. The predicted molar refractivity (Wildman–Crippen MR) is 71.5 cm³/mol. The highest BCUT2D eigenvalue weighted by atomic mass is 32.2. The van der Waals surface area contributed by atoms with Gasteiger partial charge in [0, 0.05) is 19.2 Å². The van der Waals surface area contributed by atoms with Crippen LogP contribution in [0.2, 0.25) is 0 Å². The molecule has 1 aliphatic heterocycles. The molecule has 114 valence electrons. The van der Waals surface area contributed by atoms with Crippen LogP contribution in [0.5, 0.6) is 0 Å². The lowest BCUT2D eigenvalue weighted by Gasteiger charge is -2.19. The zero-order valence-electron chi connectivity index (χ0n) is 11.2. The molecular weight excluding hydrogens is 301 g/mol. The number of amides is 1. The van der Waals surface area contributed by atoms with Crippen molar-refractivity contribution in [2.24, 2.45) is 0 Å². The van der Waals surface area contributed by atoms with Crippen molar-refractivity contribution in [2.45, 2.75) is 17.0 Å². The van der Waals surface area contributed by atoms with Gasteiger partial charge in [0.15, 0.2) is 9.84 Å². The van der Waals surface area contributed by atoms with Crippen molar-refractivity contribution in [2.75, 3.05) is 19.3 Å². The zero-order chi connectivity index (χ0) is 15.8. The molecule has 8 heteroatoms. The van der Waals surface area contributed by atoms with E-state index in [2.05, 4.69) is 0 Å². The number of sulfone groups is 1. The Morgan fingerprint density at radius 1 is 1.33 bits per heavy atom. The van der Waals surface area contributed by atoms with Crippen LogP contribution in [0.1, 0.15) is 16.8 Å². The van der Waals surface area contributed by atoms with E-state index in [9.17, 15) is 22.4 Å². The molecule has 1 aromatic rings. The summed E-state index contributed by atoms with van der Waals surface area (Å²) >= 11 is 0. The average Bonchev–Trinajstić information content (AvgIpc) is 2.81. The number of halogens is 1. The fourth-order valence-corrected chi connectivity index (χ4v) is 3.14. The minimum Gasteiger partial charge on any atom is -0.479 e. The van der Waals surface area contributed by atoms with Crippen LogP contribution in [0, 0.1) is 0 Å². The summed E-state index contributed by atoms with van der Waals surface area (Å²) in [7, 11) is -3.61. The zero-order valence-corrected chi connectivity index (χ0v) is 12.1. The molecule has 21 heavy (non-hydrogen) atoms. The summed E-state index contributed by atoms with van der Waals surface area (Å²) in [6, 6.07) is 5.60. The maximum absolute atomic E-state index is 14.0. The molecule has 1 aromatic carbocycles. The van der Waals surface area contributed by atoms with E-state index < -0.39 is 33.9 Å². The Labute approximate surface area is 121 Å². The van der Waals surface area contributed by atoms with E-state index in [1.54, 1.807) is 0 Å². The Morgan fingerprint density at radius 3 is 2.48 bits per heavy atom. The molecule has 0 aliphatic carbocycles. The molecular formula is C13H14FNO5S. The molecule has 1 heterocycles. The van der Waals surface area contributed by atoms with Crippen molar-refractivity contribution in [1.82, 2.24) is 4.90 Å². The van der Waals surface area contributed by atoms with Gasteiger partial charge in [0.1, 0.15) is 0 Å². The summed E-state index contributed by atoms with van der Waals surface area (Å²) in [5.41, 5.74) is -2.55. The largest absolute Gasteiger partial charge is 0.479 e. The van der Waals surface area contributed by atoms with Gasteiger partial charge >= 0.3 is 5.97 Å². The molecule has 2 rings (SSSR count). The third-order valence-electron chi connectivity index (χ3n) is 3.41. The number of hydrogen-bond acceptors (Lipinski definition) is 4. The molecule has 0 bridgehead atoms. The summed E-state index contributed by atoms with van der Waals surface area (Å²) in [5, 5.41) is 8.82. The highest BCUT2D eigenvalue weighted by Crippen LogP contribution is 2.28. The number of carbonyl (C=O) groups is 2. The fourth-order valence-electron chi connectivity index (χ4n) is 2.26. The number of nitrogens with zero attached hydrogens (tertiary/aromatic N) is 1. The number of benzene rings is 1. The Morgan fingerprint density at radius 2 is 1.95 bits per heavy atom. The molecule has 0 saturated carbocycles. The van der Waals surface area contributed by atoms with Crippen molar-refractivity contribution in [1.29, 1.82) is 0 Å². The Balaban J connectivity index is 2.34. The van der Waals surface area contributed by atoms with Crippen molar-refractivity contribution >= 4 is 21.7 Å². The molecule has 1 amide bonds. The molecule has 1 saturated heterocycles. The van der Waals surface area contributed by atoms with E-state index in [4.69, 9.17) is 5.11 Å². The lowest BCUT2D eigenvalue weighted by molar-refractivity contribution is -0.149. The van der Waals surface area contributed by atoms with Crippen LogP contribution in [0.3, 0.4) is 0 Å². The topological polar surface area (TPSA) is 91.8 Å². The van der Waals surface area contributed by atoms with Gasteiger partial charge in [-0.1, -0.05) is 12.1 Å². The highest BCUT2D eigenvalue weighted by Gasteiger charge is 2.47. The van der Waals surface area contributed by atoms with E-state index in [1.807, 2.05) is 0 Å². The number of aliphatic carboxylic acids is 1. The fraction of sp³-hybridized carbons (Fsp3) is 0.385. The second kappa shape index (κ2) is 5.10. The van der Waals surface area contributed by atoms with Crippen LogP contribution in [0.4, 0.5) is 4.39 Å². The normalized spacial score (nSPS) is 22.3. The first-order valence-electron chi connectivity index (χ1n) is 6.16. The van der Waals surface area contributed by atoms with E-state index in [-0.39, 0.29) is 23.4 Å². The number of alkyl halides is 1. The Kier molecular flexibility index (Phi) is 3.75. The summed E-state index contributed by atoms with van der Waals surface area (Å²) in [6.07, 6.45) is 0.662. The van der Waals surface area contributed by atoms with Crippen LogP contribution in [0.15, 0.2) is 29.2 Å². The van der Waals surface area contributed by atoms with Gasteiger partial charge in [-0.2, -0.15) is 0 Å². The SMILES string of the molecule is CS(=O)(=O)c1ccccc1C(=O)N1CCC(F)(C(=O)O)C1. The minimum atomic E-state index is -3.61. The van der Waals surface area contributed by atoms with Crippen molar-refractivity contribution < 1.29 is 27.5 Å². The second-order valence-corrected chi connectivity index (χ2v) is 7.00. The third kappa shape index (κ3) is 2.90. The molecule has 0 radical (unpaired) electrons. The quantitative estimate of drug-likeness (QED) is 0.888. The molecule has 6 nitrogen and oxygen atoms in total. The lowest BCUT2D eigenvalue weighted by atomic mass is 10.1. The first kappa shape index (κ1) is 15.4. The molecule has 1 unspecified atom stereocenters. The summed E-state index contributed by atoms with van der Waals surface area (Å²) < 4.78 is 37.3. The van der Waals surface area contributed by atoms with Crippen LogP contribution in [-0.4, -0.2) is 55.3 Å². The van der Waals surface area contributed by atoms with Crippen molar-refractivity contribution in [3.63, 3.8) is 0 Å². The van der Waals surface area contributed by atoms with E-state index in [1.165, 1.54) is 24.3 Å². The third-order valence-corrected chi connectivity index (χ3v) is 4.56. The van der Waals surface area contributed by atoms with Gasteiger partial charge in [0.2, 0.25) is 5.67 Å². The first-order chi connectivity index (χ1) is 9.65. The van der Waals surface area contributed by atoms with Gasteiger partial charge in [-0.3, -0.25) is 4.79 Å². The first-order valence-corrected chi connectivity index (χ1v) is 8.05. The van der Waals surface area contributed by atoms with Crippen LogP contribution in [0.25, 0.3) is 0 Å². The number of rotatable bonds is 3. The lowest BCUT2D eigenvalue weighted by Crippen LogP contribution is -2.39. The second-order valence-electron chi connectivity index (χ2n) is 5.02. The maximum atomic E-state index is 14.0. The Hall–Kier alpha value is -1.96. The van der Waals surface area contributed by atoms with Crippen LogP contribution >= 0.6 is 0 Å². The van der Waals surface area contributed by atoms with E-state index in [0.717, 1.165) is 11.2 Å². The highest BCUT2D eigenvalue weighted by molar-refractivity contribution is 7.90. The monoisotopic (exact) mass is 315 g/mol. The number of carboxylic acids is 1. The molecule has 0 spiro atoms. The van der Waals surface area contributed by atoms with Gasteiger partial charge in [0.05, 0.1) is 17.0 Å². The van der Waals surface area contributed by atoms with Crippen molar-refractivity contribution in [3.05, 3.63) is 29.8 Å². The molecule has 1 atom stereocenters. The molecule has 1 N–H and O–H groups in total. The van der Waals surface area contributed by atoms with E-state index in [0.29, 0.717) is 0 Å². The van der Waals surface area contributed by atoms with Crippen LogP contribution < -0.4 is 0 Å². The summed E-state index contributed by atoms with van der Waals surface area (Å²) in [4.78, 5) is 24.0. The smallest absolute Gasteiger partial charge is 0.343 e. The predicted octanol–water partition coefficient (Wildman–Crippen LogP) is 0.729. The molecule has 1 fully saturated rings. The number of carboxylic acid groups (broad SMARTS) is 1. The Bertz CT molecular complexity index is 702. The molecule has 0 aromatic heterocycles. The summed E-state index contributed by atoms with van der Waals surface area (Å²) in [6.45, 7) is -0.654. The van der Waals surface area contributed by atoms with Crippen LogP contribution in [-0.2, 0) is 14.6 Å². The minimum absolute atomic E-state index is 0.0697. The standard InChI is InChI=1S/C13H14FNO5S/c1-21(19,20)10-5-3-2-4-9(10)11(16)15-7-6-13(14,8-15)12(17)18/h2-5H,6-8H2,1H3,(H,17,18). The summed E-state index contributed by atoms with van der Waals surface area (Å²) in [5.74, 6) is -2.30. The van der Waals surface area contributed by atoms with Gasteiger partial charge < -0.3 is 10.0 Å². The molecule has 1 aliphatic rings. The van der Waals surface area contributed by atoms with Gasteiger partial charge in [-0.25, -0.2) is 17.6 Å². The van der Waals surface area contributed by atoms with Crippen molar-refractivity contribution in [3.8, 4) is 0 Å². The maximum Gasteiger partial charge on any atom is 0.343 e. The average molecular weight is 315 g/mol.